The van der Waals surface area contributed by atoms with E-state index in [4.69, 9.17) is 4.74 Å². The largest absolute Gasteiger partial charge is 0.377 e. The van der Waals surface area contributed by atoms with Gasteiger partial charge >= 0.3 is 0 Å². The summed E-state index contributed by atoms with van der Waals surface area (Å²) in [5.74, 6) is 3.34. The van der Waals surface area contributed by atoms with E-state index in [0.717, 1.165) is 12.5 Å². The van der Waals surface area contributed by atoms with Crippen LogP contribution in [0.3, 0.4) is 0 Å². The molecule has 2 rings (SSSR count). The molecule has 0 aromatic rings. The molecule has 19 heavy (non-hydrogen) atoms. The molecule has 108 valence electrons. The fourth-order valence-corrected chi connectivity index (χ4v) is 3.77. The van der Waals surface area contributed by atoms with Gasteiger partial charge in [0.25, 0.3) is 0 Å². The second-order valence-corrected chi connectivity index (χ2v) is 6.96. The molecule has 2 aliphatic rings. The van der Waals surface area contributed by atoms with Crippen LogP contribution in [0.2, 0.25) is 0 Å². The summed E-state index contributed by atoms with van der Waals surface area (Å²) < 4.78 is 6.29. The van der Waals surface area contributed by atoms with Crippen molar-refractivity contribution in [3.63, 3.8) is 0 Å². The van der Waals surface area contributed by atoms with Gasteiger partial charge in [-0.2, -0.15) is 0 Å². The maximum atomic E-state index is 6.29. The molecule has 1 nitrogen and oxygen atoms in total. The Balaban J connectivity index is 2.20. The lowest BCUT2D eigenvalue weighted by molar-refractivity contribution is -0.0283. The Labute approximate surface area is 119 Å². The molecule has 0 N–H and O–H groups in total. The Bertz CT molecular complexity index is 353. The van der Waals surface area contributed by atoms with E-state index in [1.165, 1.54) is 18.4 Å². The summed E-state index contributed by atoms with van der Waals surface area (Å²) in [4.78, 5) is 0. The van der Waals surface area contributed by atoms with Gasteiger partial charge in [-0.15, -0.1) is 0 Å². The van der Waals surface area contributed by atoms with Crippen molar-refractivity contribution in [2.75, 3.05) is 6.61 Å². The predicted molar refractivity (Wildman–Crippen MR) is 82.0 cm³/mol. The fourth-order valence-electron chi connectivity index (χ4n) is 3.77. The van der Waals surface area contributed by atoms with Gasteiger partial charge in [-0.3, -0.25) is 0 Å². The monoisotopic (exact) mass is 262 g/mol. The number of hydrogen-bond donors (Lipinski definition) is 0. The maximum absolute atomic E-state index is 6.29. The van der Waals surface area contributed by atoms with E-state index in [1.807, 2.05) is 0 Å². The first-order chi connectivity index (χ1) is 9.02. The molecule has 0 bridgehead atoms. The van der Waals surface area contributed by atoms with E-state index >= 15 is 0 Å². The Hall–Kier alpha value is -0.560. The van der Waals surface area contributed by atoms with E-state index < -0.39 is 0 Å². The van der Waals surface area contributed by atoms with Gasteiger partial charge in [0.2, 0.25) is 0 Å². The standard InChI is InChI=1S/C18H30O/c1-6-16-14(5)7-8-15-9-13(4)10-17(18(15)16)19-11-12(2)3/h7-9,12-14,16-18H,6,10-11H2,1-5H3/t13?,14-,16-,17?,18-/m0/s1. The number of fused-ring (bicyclic) bond motifs is 1. The van der Waals surface area contributed by atoms with Gasteiger partial charge in [-0.05, 0) is 35.7 Å². The van der Waals surface area contributed by atoms with Crippen molar-refractivity contribution in [1.29, 1.82) is 0 Å². The lowest BCUT2D eigenvalue weighted by atomic mass is 9.66. The fraction of sp³-hybridized carbons (Fsp3) is 0.778. The zero-order chi connectivity index (χ0) is 14.0. The SMILES string of the molecule is CC[C@@H]1[C@@H]2C(=CC(C)CC2OCC(C)C)C=C[C@@H]1C. The van der Waals surface area contributed by atoms with Crippen molar-refractivity contribution in [3.05, 3.63) is 23.8 Å². The summed E-state index contributed by atoms with van der Waals surface area (Å²) in [6.45, 7) is 12.4. The van der Waals surface area contributed by atoms with Crippen LogP contribution in [-0.4, -0.2) is 12.7 Å². The maximum Gasteiger partial charge on any atom is 0.0652 e. The molecule has 0 saturated carbocycles. The average Bonchev–Trinajstić information content (AvgIpc) is 2.36. The van der Waals surface area contributed by atoms with Gasteiger partial charge < -0.3 is 4.74 Å². The number of rotatable bonds is 4. The molecule has 0 aromatic carbocycles. The molecule has 1 heteroatoms. The summed E-state index contributed by atoms with van der Waals surface area (Å²) in [5.41, 5.74) is 1.54. The normalized spacial score (nSPS) is 38.2. The van der Waals surface area contributed by atoms with Crippen LogP contribution in [0.25, 0.3) is 0 Å². The molecule has 0 radical (unpaired) electrons. The molecule has 2 aliphatic carbocycles. The highest BCUT2D eigenvalue weighted by Gasteiger charge is 2.39. The van der Waals surface area contributed by atoms with E-state index in [9.17, 15) is 0 Å². The van der Waals surface area contributed by atoms with Gasteiger partial charge in [-0.1, -0.05) is 59.3 Å². The predicted octanol–water partition coefficient (Wildman–Crippen LogP) is 4.84. The van der Waals surface area contributed by atoms with Crippen molar-refractivity contribution >= 4 is 0 Å². The zero-order valence-corrected chi connectivity index (χ0v) is 13.2. The van der Waals surface area contributed by atoms with Crippen molar-refractivity contribution in [1.82, 2.24) is 0 Å². The Kier molecular flexibility index (Phi) is 4.89. The van der Waals surface area contributed by atoms with Crippen LogP contribution < -0.4 is 0 Å². The van der Waals surface area contributed by atoms with Gasteiger partial charge in [0.05, 0.1) is 6.10 Å². The lowest BCUT2D eigenvalue weighted by Gasteiger charge is -2.43. The van der Waals surface area contributed by atoms with Crippen LogP contribution in [0.4, 0.5) is 0 Å². The van der Waals surface area contributed by atoms with Crippen LogP contribution in [0.15, 0.2) is 23.8 Å². The smallest absolute Gasteiger partial charge is 0.0652 e. The van der Waals surface area contributed by atoms with E-state index in [0.29, 0.717) is 29.8 Å². The first-order valence-corrected chi connectivity index (χ1v) is 8.04. The van der Waals surface area contributed by atoms with Gasteiger partial charge in [0.1, 0.15) is 0 Å². The highest BCUT2D eigenvalue weighted by molar-refractivity contribution is 5.31. The Morgan fingerprint density at radius 2 is 2.05 bits per heavy atom. The Morgan fingerprint density at radius 1 is 1.32 bits per heavy atom. The van der Waals surface area contributed by atoms with Gasteiger partial charge in [0.15, 0.2) is 0 Å². The summed E-state index contributed by atoms with van der Waals surface area (Å²) in [6.07, 6.45) is 10.1. The van der Waals surface area contributed by atoms with E-state index in [2.05, 4.69) is 52.8 Å². The number of ether oxygens (including phenoxy) is 1. The first-order valence-electron chi connectivity index (χ1n) is 8.04. The van der Waals surface area contributed by atoms with Crippen LogP contribution in [-0.2, 0) is 4.74 Å². The molecule has 0 heterocycles. The molecule has 0 aliphatic heterocycles. The van der Waals surface area contributed by atoms with Crippen molar-refractivity contribution in [2.45, 2.75) is 53.6 Å². The summed E-state index contributed by atoms with van der Waals surface area (Å²) in [5, 5.41) is 0. The highest BCUT2D eigenvalue weighted by Crippen LogP contribution is 2.44. The highest BCUT2D eigenvalue weighted by atomic mass is 16.5. The van der Waals surface area contributed by atoms with Crippen LogP contribution in [0, 0.1) is 29.6 Å². The van der Waals surface area contributed by atoms with E-state index in [1.54, 1.807) is 0 Å². The first kappa shape index (κ1) is 14.8. The van der Waals surface area contributed by atoms with Gasteiger partial charge in [0, 0.05) is 12.5 Å². The molecule has 0 amide bonds. The third kappa shape index (κ3) is 3.31. The zero-order valence-electron chi connectivity index (χ0n) is 13.2. The van der Waals surface area contributed by atoms with E-state index in [-0.39, 0.29) is 0 Å². The van der Waals surface area contributed by atoms with Crippen molar-refractivity contribution in [2.24, 2.45) is 29.6 Å². The average molecular weight is 262 g/mol. The van der Waals surface area contributed by atoms with Crippen molar-refractivity contribution in [3.8, 4) is 0 Å². The van der Waals surface area contributed by atoms with Crippen LogP contribution >= 0.6 is 0 Å². The molecular weight excluding hydrogens is 232 g/mol. The molecule has 2 unspecified atom stereocenters. The topological polar surface area (TPSA) is 9.23 Å². The quantitative estimate of drug-likeness (QED) is 0.704. The molecule has 0 aromatic heterocycles. The van der Waals surface area contributed by atoms with Gasteiger partial charge in [-0.25, -0.2) is 0 Å². The summed E-state index contributed by atoms with van der Waals surface area (Å²) in [6, 6.07) is 0. The van der Waals surface area contributed by atoms with Crippen LogP contribution in [0.1, 0.15) is 47.5 Å². The Morgan fingerprint density at radius 3 is 2.68 bits per heavy atom. The molecular formula is C18H30O. The number of allylic oxidation sites excluding steroid dienone is 3. The molecule has 5 atom stereocenters. The number of hydrogen-bond acceptors (Lipinski definition) is 1. The minimum atomic E-state index is 0.426. The minimum Gasteiger partial charge on any atom is -0.377 e. The molecule has 0 saturated heterocycles. The second kappa shape index (κ2) is 6.26. The van der Waals surface area contributed by atoms with Crippen molar-refractivity contribution < 1.29 is 4.74 Å². The third-order valence-electron chi connectivity index (χ3n) is 4.71. The summed E-state index contributed by atoms with van der Waals surface area (Å²) >= 11 is 0. The lowest BCUT2D eigenvalue weighted by Crippen LogP contribution is -2.40. The molecule has 0 spiro atoms. The van der Waals surface area contributed by atoms with Crippen LogP contribution in [0.5, 0.6) is 0 Å². The third-order valence-corrected chi connectivity index (χ3v) is 4.71. The second-order valence-electron chi connectivity index (χ2n) is 6.96. The minimum absolute atomic E-state index is 0.426. The summed E-state index contributed by atoms with van der Waals surface area (Å²) in [7, 11) is 0. The molecule has 0 fully saturated rings.